The molecule has 22 heavy (non-hydrogen) atoms. The molecule has 2 aliphatic rings. The zero-order valence-corrected chi connectivity index (χ0v) is 14.0. The lowest BCUT2D eigenvalue weighted by atomic mass is 9.96. The van der Waals surface area contributed by atoms with Crippen LogP contribution < -0.4 is 10.6 Å². The van der Waals surface area contributed by atoms with Crippen LogP contribution in [0.5, 0.6) is 0 Å². The molecule has 122 valence electrons. The van der Waals surface area contributed by atoms with Crippen molar-refractivity contribution in [1.29, 1.82) is 0 Å². The van der Waals surface area contributed by atoms with Crippen molar-refractivity contribution in [2.45, 2.75) is 57.0 Å². The number of carbonyl (C=O) groups excluding carboxylic acids is 1. The molecule has 4 nitrogen and oxygen atoms in total. The third-order valence-electron chi connectivity index (χ3n) is 4.91. The van der Waals surface area contributed by atoms with Gasteiger partial charge >= 0.3 is 6.03 Å². The fourth-order valence-corrected chi connectivity index (χ4v) is 4.36. The molecule has 5 heteroatoms. The Morgan fingerprint density at radius 3 is 2.68 bits per heavy atom. The number of likely N-dealkylation sites (tertiary alicyclic amines) is 1. The van der Waals surface area contributed by atoms with E-state index in [1.54, 1.807) is 11.3 Å². The third-order valence-corrected chi connectivity index (χ3v) is 5.61. The lowest BCUT2D eigenvalue weighted by Gasteiger charge is -2.28. The summed E-state index contributed by atoms with van der Waals surface area (Å²) in [6.45, 7) is 2.99. The number of urea groups is 1. The lowest BCUT2D eigenvalue weighted by molar-refractivity contribution is 0.216. The first-order chi connectivity index (χ1) is 10.8. The number of nitrogens with one attached hydrogen (secondary N) is 2. The normalized spacial score (nSPS) is 21.6. The standard InChI is InChI=1S/C17H27N3OS/c21-17(19-15-6-2-1-3-7-15)18-12-16(14-8-11-22-13-14)20-9-4-5-10-20/h8,11,13,15-16H,1-7,9-10,12H2,(H2,18,19,21)/t16-/m1/s1. The van der Waals surface area contributed by atoms with E-state index in [-0.39, 0.29) is 6.03 Å². The maximum atomic E-state index is 12.2. The average molecular weight is 321 g/mol. The Morgan fingerprint density at radius 2 is 2.00 bits per heavy atom. The van der Waals surface area contributed by atoms with Gasteiger partial charge in [-0.05, 0) is 61.2 Å². The SMILES string of the molecule is O=C(NC[C@H](c1ccsc1)N1CCCC1)NC1CCCCC1. The van der Waals surface area contributed by atoms with E-state index in [1.807, 2.05) is 0 Å². The molecule has 3 rings (SSSR count). The van der Waals surface area contributed by atoms with Gasteiger partial charge in [-0.25, -0.2) is 4.79 Å². The van der Waals surface area contributed by atoms with Crippen molar-refractivity contribution in [3.8, 4) is 0 Å². The number of rotatable bonds is 5. The highest BCUT2D eigenvalue weighted by Crippen LogP contribution is 2.26. The second-order valence-corrected chi connectivity index (χ2v) is 7.28. The van der Waals surface area contributed by atoms with Crippen LogP contribution in [0.15, 0.2) is 16.8 Å². The molecule has 1 aliphatic carbocycles. The van der Waals surface area contributed by atoms with Gasteiger partial charge in [0.1, 0.15) is 0 Å². The minimum absolute atomic E-state index is 0.00586. The Labute approximate surface area is 137 Å². The maximum absolute atomic E-state index is 12.2. The first kappa shape index (κ1) is 15.8. The first-order valence-electron chi connectivity index (χ1n) is 8.63. The van der Waals surface area contributed by atoms with Crippen molar-refractivity contribution in [2.75, 3.05) is 19.6 Å². The molecule has 0 bridgehead atoms. The van der Waals surface area contributed by atoms with Gasteiger partial charge in [-0.2, -0.15) is 11.3 Å². The number of thiophene rings is 1. The molecule has 1 aromatic rings. The van der Waals surface area contributed by atoms with Crippen LogP contribution >= 0.6 is 11.3 Å². The van der Waals surface area contributed by atoms with E-state index in [1.165, 1.54) is 37.7 Å². The zero-order valence-electron chi connectivity index (χ0n) is 13.2. The van der Waals surface area contributed by atoms with Crippen molar-refractivity contribution in [3.05, 3.63) is 22.4 Å². The molecule has 1 saturated heterocycles. The number of nitrogens with zero attached hydrogens (tertiary/aromatic N) is 1. The molecule has 2 fully saturated rings. The van der Waals surface area contributed by atoms with Crippen LogP contribution in [-0.4, -0.2) is 36.6 Å². The molecular formula is C17H27N3OS. The Morgan fingerprint density at radius 1 is 1.23 bits per heavy atom. The van der Waals surface area contributed by atoms with Gasteiger partial charge in [-0.15, -0.1) is 0 Å². The van der Waals surface area contributed by atoms with Gasteiger partial charge in [0.2, 0.25) is 0 Å². The predicted molar refractivity (Wildman–Crippen MR) is 91.3 cm³/mol. The molecule has 1 atom stereocenters. The molecule has 1 aliphatic heterocycles. The van der Waals surface area contributed by atoms with Crippen LogP contribution in [0.2, 0.25) is 0 Å². The summed E-state index contributed by atoms with van der Waals surface area (Å²) in [5, 5.41) is 10.6. The minimum Gasteiger partial charge on any atom is -0.336 e. The van der Waals surface area contributed by atoms with Gasteiger partial charge in [0.05, 0.1) is 6.04 Å². The molecule has 0 radical (unpaired) electrons. The van der Waals surface area contributed by atoms with Gasteiger partial charge in [0.25, 0.3) is 0 Å². The quantitative estimate of drug-likeness (QED) is 0.871. The Hall–Kier alpha value is -1.07. The number of hydrogen-bond donors (Lipinski definition) is 2. The Bertz CT molecular complexity index is 450. The predicted octanol–water partition coefficient (Wildman–Crippen LogP) is 3.52. The maximum Gasteiger partial charge on any atom is 0.315 e. The van der Waals surface area contributed by atoms with Gasteiger partial charge in [-0.3, -0.25) is 4.90 Å². The summed E-state index contributed by atoms with van der Waals surface area (Å²) in [5.74, 6) is 0. The summed E-state index contributed by atoms with van der Waals surface area (Å²) in [6, 6.07) is 2.89. The van der Waals surface area contributed by atoms with Gasteiger partial charge in [-0.1, -0.05) is 19.3 Å². The van der Waals surface area contributed by atoms with E-state index in [9.17, 15) is 4.79 Å². The molecule has 2 N–H and O–H groups in total. The summed E-state index contributed by atoms with van der Waals surface area (Å²) in [7, 11) is 0. The van der Waals surface area contributed by atoms with E-state index in [4.69, 9.17) is 0 Å². The summed E-state index contributed by atoms with van der Waals surface area (Å²) >= 11 is 1.73. The molecule has 0 aromatic carbocycles. The van der Waals surface area contributed by atoms with Crippen molar-refractivity contribution in [1.82, 2.24) is 15.5 Å². The van der Waals surface area contributed by atoms with Crippen LogP contribution in [0.4, 0.5) is 4.79 Å². The summed E-state index contributed by atoms with van der Waals surface area (Å²) in [4.78, 5) is 14.7. The minimum atomic E-state index is 0.00586. The van der Waals surface area contributed by atoms with E-state index in [2.05, 4.69) is 32.4 Å². The average Bonchev–Trinajstić information content (AvgIpc) is 3.22. The van der Waals surface area contributed by atoms with E-state index < -0.39 is 0 Å². The van der Waals surface area contributed by atoms with Gasteiger partial charge in [0, 0.05) is 12.6 Å². The van der Waals surface area contributed by atoms with Crippen molar-refractivity contribution in [3.63, 3.8) is 0 Å². The summed E-state index contributed by atoms with van der Waals surface area (Å²) < 4.78 is 0. The highest BCUT2D eigenvalue weighted by atomic mass is 32.1. The van der Waals surface area contributed by atoms with Crippen LogP contribution in [-0.2, 0) is 0 Å². The molecule has 0 unspecified atom stereocenters. The lowest BCUT2D eigenvalue weighted by Crippen LogP contribution is -2.45. The molecule has 2 amide bonds. The topological polar surface area (TPSA) is 44.4 Å². The smallest absolute Gasteiger partial charge is 0.315 e. The number of carbonyl (C=O) groups is 1. The summed E-state index contributed by atoms with van der Waals surface area (Å²) in [6.07, 6.45) is 8.62. The van der Waals surface area contributed by atoms with Crippen LogP contribution in [0.1, 0.15) is 56.6 Å². The number of amides is 2. The molecular weight excluding hydrogens is 294 g/mol. The summed E-state index contributed by atoms with van der Waals surface area (Å²) in [5.41, 5.74) is 1.34. The molecule has 0 spiro atoms. The first-order valence-corrected chi connectivity index (χ1v) is 9.58. The monoisotopic (exact) mass is 321 g/mol. The fraction of sp³-hybridized carbons (Fsp3) is 0.706. The van der Waals surface area contributed by atoms with Crippen molar-refractivity contribution in [2.24, 2.45) is 0 Å². The van der Waals surface area contributed by atoms with E-state index in [0.717, 1.165) is 25.9 Å². The second kappa shape index (κ2) is 7.97. The molecule has 1 aromatic heterocycles. The third kappa shape index (κ3) is 4.23. The molecule has 1 saturated carbocycles. The Kier molecular flexibility index (Phi) is 5.73. The molecule has 2 heterocycles. The van der Waals surface area contributed by atoms with Crippen molar-refractivity contribution < 1.29 is 4.79 Å². The van der Waals surface area contributed by atoms with Gasteiger partial charge < -0.3 is 10.6 Å². The van der Waals surface area contributed by atoms with Crippen molar-refractivity contribution >= 4 is 17.4 Å². The van der Waals surface area contributed by atoms with Gasteiger partial charge in [0.15, 0.2) is 0 Å². The largest absolute Gasteiger partial charge is 0.336 e. The van der Waals surface area contributed by atoms with E-state index in [0.29, 0.717) is 18.6 Å². The number of hydrogen-bond acceptors (Lipinski definition) is 3. The van der Waals surface area contributed by atoms with Crippen LogP contribution in [0.3, 0.4) is 0 Å². The Balaban J connectivity index is 1.51. The van der Waals surface area contributed by atoms with E-state index >= 15 is 0 Å². The fourth-order valence-electron chi connectivity index (χ4n) is 3.65. The highest BCUT2D eigenvalue weighted by molar-refractivity contribution is 7.07. The van der Waals surface area contributed by atoms with Crippen LogP contribution in [0.25, 0.3) is 0 Å². The highest BCUT2D eigenvalue weighted by Gasteiger charge is 2.24. The zero-order chi connectivity index (χ0) is 15.2. The van der Waals surface area contributed by atoms with Crippen LogP contribution in [0, 0.1) is 0 Å². The second-order valence-electron chi connectivity index (χ2n) is 6.50.